The summed E-state index contributed by atoms with van der Waals surface area (Å²) in [5.41, 5.74) is 1.97. The van der Waals surface area contributed by atoms with Crippen LogP contribution in [0.1, 0.15) is 59.0 Å². The van der Waals surface area contributed by atoms with Crippen LogP contribution in [0.4, 0.5) is 0 Å². The summed E-state index contributed by atoms with van der Waals surface area (Å²) in [5, 5.41) is 7.19. The molecule has 0 spiro atoms. The fraction of sp³-hybridized carbons (Fsp3) is 0.368. The van der Waals surface area contributed by atoms with Gasteiger partial charge in [-0.25, -0.2) is 14.8 Å². The molecule has 0 bridgehead atoms. The van der Waals surface area contributed by atoms with Crippen molar-refractivity contribution in [2.45, 2.75) is 44.9 Å². The van der Waals surface area contributed by atoms with Gasteiger partial charge in [0, 0.05) is 0 Å². The molecule has 2 aromatic heterocycles. The molecular weight excluding hydrogens is 348 g/mol. The summed E-state index contributed by atoms with van der Waals surface area (Å²) in [5.74, 6) is 1.36. The first kappa shape index (κ1) is 16.9. The molecule has 134 valence electrons. The number of carbonyl (C=O) groups is 1. The molecule has 6 nitrogen and oxygen atoms in total. The van der Waals surface area contributed by atoms with Gasteiger partial charge in [-0.3, -0.25) is 5.10 Å². The summed E-state index contributed by atoms with van der Waals surface area (Å²) in [4.78, 5) is 21.4. The lowest BCUT2D eigenvalue weighted by atomic mass is 9.84. The molecule has 0 saturated heterocycles. The van der Waals surface area contributed by atoms with E-state index < -0.39 is 5.97 Å². The Morgan fingerprint density at radius 2 is 1.96 bits per heavy atom. The van der Waals surface area contributed by atoms with Gasteiger partial charge in [-0.05, 0) is 43.4 Å². The summed E-state index contributed by atoms with van der Waals surface area (Å²) >= 11 is 1.25. The standard InChI is InChI=1S/C19H20N4O2S/c1-12-16(26-18(22-12)17-20-11-21-23-17)19(24)25-15-9-7-14(8-10-15)13-5-3-2-4-6-13/h7-11,13H,2-6H2,1H3,(H,20,21,23). The number of thiazole rings is 1. The van der Waals surface area contributed by atoms with E-state index in [1.807, 2.05) is 12.1 Å². The number of nitrogens with one attached hydrogen (secondary N) is 1. The number of hydrogen-bond acceptors (Lipinski definition) is 6. The Hall–Kier alpha value is -2.54. The van der Waals surface area contributed by atoms with Gasteiger partial charge < -0.3 is 4.74 Å². The van der Waals surface area contributed by atoms with Crippen molar-refractivity contribution in [1.82, 2.24) is 20.2 Å². The third-order valence-electron chi connectivity index (χ3n) is 4.77. The van der Waals surface area contributed by atoms with E-state index in [-0.39, 0.29) is 0 Å². The topological polar surface area (TPSA) is 80.8 Å². The highest BCUT2D eigenvalue weighted by atomic mass is 32.1. The molecule has 2 heterocycles. The van der Waals surface area contributed by atoms with Gasteiger partial charge in [0.05, 0.1) is 5.69 Å². The van der Waals surface area contributed by atoms with Crippen molar-refractivity contribution in [2.75, 3.05) is 0 Å². The molecule has 0 amide bonds. The van der Waals surface area contributed by atoms with E-state index in [9.17, 15) is 4.79 Å². The van der Waals surface area contributed by atoms with Crippen LogP contribution in [0.2, 0.25) is 0 Å². The van der Waals surface area contributed by atoms with Crippen LogP contribution in [0.5, 0.6) is 5.75 Å². The summed E-state index contributed by atoms with van der Waals surface area (Å²) in [7, 11) is 0. The van der Waals surface area contributed by atoms with Gasteiger partial charge >= 0.3 is 5.97 Å². The van der Waals surface area contributed by atoms with Gasteiger partial charge in [-0.2, -0.15) is 5.10 Å². The van der Waals surface area contributed by atoms with Crippen LogP contribution >= 0.6 is 11.3 Å². The number of carbonyl (C=O) groups excluding carboxylic acids is 1. The summed E-state index contributed by atoms with van der Waals surface area (Å²) in [6.45, 7) is 1.79. The van der Waals surface area contributed by atoms with Crippen LogP contribution in [0.15, 0.2) is 30.6 Å². The van der Waals surface area contributed by atoms with E-state index >= 15 is 0 Å². The Balaban J connectivity index is 1.46. The van der Waals surface area contributed by atoms with E-state index in [0.717, 1.165) is 0 Å². The molecule has 1 N–H and O–H groups in total. The lowest BCUT2D eigenvalue weighted by molar-refractivity contribution is 0.0739. The van der Waals surface area contributed by atoms with Crippen LogP contribution in [0.25, 0.3) is 10.8 Å². The number of ether oxygens (including phenoxy) is 1. The average Bonchev–Trinajstić information content (AvgIpc) is 3.32. The highest BCUT2D eigenvalue weighted by Gasteiger charge is 2.20. The van der Waals surface area contributed by atoms with Gasteiger partial charge in [0.15, 0.2) is 10.8 Å². The number of benzene rings is 1. The number of esters is 1. The van der Waals surface area contributed by atoms with Gasteiger partial charge in [-0.1, -0.05) is 31.4 Å². The molecule has 1 saturated carbocycles. The molecule has 0 aliphatic heterocycles. The molecular formula is C19H20N4O2S. The largest absolute Gasteiger partial charge is 0.422 e. The maximum Gasteiger partial charge on any atom is 0.355 e. The Kier molecular flexibility index (Phi) is 4.79. The smallest absolute Gasteiger partial charge is 0.355 e. The minimum atomic E-state index is -0.392. The summed E-state index contributed by atoms with van der Waals surface area (Å²) < 4.78 is 5.54. The Bertz CT molecular complexity index is 881. The zero-order valence-corrected chi connectivity index (χ0v) is 15.4. The first-order valence-corrected chi connectivity index (χ1v) is 9.67. The molecule has 0 unspecified atom stereocenters. The van der Waals surface area contributed by atoms with Crippen molar-refractivity contribution in [2.24, 2.45) is 0 Å². The minimum absolute atomic E-state index is 0.392. The van der Waals surface area contributed by atoms with E-state index in [4.69, 9.17) is 4.74 Å². The predicted molar refractivity (Wildman–Crippen MR) is 99.5 cm³/mol. The Morgan fingerprint density at radius 1 is 1.19 bits per heavy atom. The summed E-state index contributed by atoms with van der Waals surface area (Å²) in [6, 6.07) is 7.93. The van der Waals surface area contributed by atoms with Crippen molar-refractivity contribution in [1.29, 1.82) is 0 Å². The summed E-state index contributed by atoms with van der Waals surface area (Å²) in [6.07, 6.45) is 7.88. The van der Waals surface area contributed by atoms with Gasteiger partial charge in [0.1, 0.15) is 17.0 Å². The van der Waals surface area contributed by atoms with Crippen molar-refractivity contribution >= 4 is 17.3 Å². The predicted octanol–water partition coefficient (Wildman–Crippen LogP) is 4.50. The number of rotatable bonds is 4. The third-order valence-corrected chi connectivity index (χ3v) is 5.91. The monoisotopic (exact) mass is 368 g/mol. The highest BCUT2D eigenvalue weighted by molar-refractivity contribution is 7.17. The van der Waals surface area contributed by atoms with Crippen LogP contribution in [-0.2, 0) is 0 Å². The zero-order chi connectivity index (χ0) is 17.9. The third kappa shape index (κ3) is 3.53. The Morgan fingerprint density at radius 3 is 2.65 bits per heavy atom. The van der Waals surface area contributed by atoms with E-state index in [1.54, 1.807) is 6.92 Å². The minimum Gasteiger partial charge on any atom is -0.422 e. The van der Waals surface area contributed by atoms with Crippen LogP contribution in [0, 0.1) is 6.92 Å². The molecule has 0 radical (unpaired) electrons. The van der Waals surface area contributed by atoms with E-state index in [1.165, 1.54) is 55.3 Å². The molecule has 0 atom stereocenters. The number of aryl methyl sites for hydroxylation is 1. The first-order valence-electron chi connectivity index (χ1n) is 8.86. The highest BCUT2D eigenvalue weighted by Crippen LogP contribution is 2.33. The van der Waals surface area contributed by atoms with Gasteiger partial charge in [0.2, 0.25) is 0 Å². The fourth-order valence-corrected chi connectivity index (χ4v) is 4.28. The average molecular weight is 368 g/mol. The normalized spacial score (nSPS) is 15.1. The van der Waals surface area contributed by atoms with Crippen molar-refractivity contribution in [3.8, 4) is 16.6 Å². The van der Waals surface area contributed by atoms with E-state index in [2.05, 4.69) is 32.3 Å². The number of nitrogens with zero attached hydrogens (tertiary/aromatic N) is 3. The van der Waals surface area contributed by atoms with Gasteiger partial charge in [0.25, 0.3) is 0 Å². The second-order valence-electron chi connectivity index (χ2n) is 6.56. The lowest BCUT2D eigenvalue weighted by Gasteiger charge is -2.21. The zero-order valence-electron chi connectivity index (χ0n) is 14.6. The molecule has 1 aliphatic rings. The van der Waals surface area contributed by atoms with Crippen LogP contribution in [-0.4, -0.2) is 26.1 Å². The van der Waals surface area contributed by atoms with Crippen molar-refractivity contribution in [3.63, 3.8) is 0 Å². The second kappa shape index (κ2) is 7.37. The molecule has 4 rings (SSSR count). The number of aromatic amines is 1. The number of hydrogen-bond donors (Lipinski definition) is 1. The number of aromatic nitrogens is 4. The first-order chi connectivity index (χ1) is 12.7. The molecule has 1 fully saturated rings. The molecule has 3 aromatic rings. The maximum absolute atomic E-state index is 12.5. The second-order valence-corrected chi connectivity index (χ2v) is 7.56. The van der Waals surface area contributed by atoms with Crippen molar-refractivity contribution in [3.05, 3.63) is 46.7 Å². The van der Waals surface area contributed by atoms with E-state index in [0.29, 0.717) is 33.1 Å². The Labute approximate surface area is 155 Å². The van der Waals surface area contributed by atoms with Crippen LogP contribution in [0.3, 0.4) is 0 Å². The quantitative estimate of drug-likeness (QED) is 0.541. The van der Waals surface area contributed by atoms with Crippen molar-refractivity contribution < 1.29 is 9.53 Å². The molecule has 26 heavy (non-hydrogen) atoms. The molecule has 7 heteroatoms. The molecule has 1 aliphatic carbocycles. The number of H-pyrrole nitrogens is 1. The van der Waals surface area contributed by atoms with Gasteiger partial charge in [-0.15, -0.1) is 11.3 Å². The maximum atomic E-state index is 12.5. The SMILES string of the molecule is Cc1nc(-c2ncn[nH]2)sc1C(=O)Oc1ccc(C2CCCCC2)cc1. The fourth-order valence-electron chi connectivity index (χ4n) is 3.39. The van der Waals surface area contributed by atoms with Crippen LogP contribution < -0.4 is 4.74 Å². The lowest BCUT2D eigenvalue weighted by Crippen LogP contribution is -2.08. The molecule has 1 aromatic carbocycles.